The Labute approximate surface area is 184 Å². The van der Waals surface area contributed by atoms with Crippen molar-refractivity contribution >= 4 is 27.5 Å². The van der Waals surface area contributed by atoms with Crippen molar-refractivity contribution in [2.45, 2.75) is 24.9 Å². The highest BCUT2D eigenvalue weighted by Crippen LogP contribution is 2.11. The predicted octanol–water partition coefficient (Wildman–Crippen LogP) is 1.37. The number of primary sulfonamides is 1. The highest BCUT2D eigenvalue weighted by Gasteiger charge is 2.10. The summed E-state index contributed by atoms with van der Waals surface area (Å²) in [7, 11) is -3.76. The van der Waals surface area contributed by atoms with Crippen LogP contribution in [-0.4, -0.2) is 24.8 Å². The van der Waals surface area contributed by atoms with Crippen LogP contribution in [0.25, 0.3) is 0 Å². The predicted molar refractivity (Wildman–Crippen MR) is 119 cm³/mol. The maximum atomic E-state index is 12.3. The lowest BCUT2D eigenvalue weighted by atomic mass is 10.1. The molecule has 10 heteroatoms. The molecule has 0 saturated heterocycles. The Bertz CT molecular complexity index is 1300. The van der Waals surface area contributed by atoms with Crippen molar-refractivity contribution in [2.24, 2.45) is 5.14 Å². The minimum absolute atomic E-state index is 0.00233. The van der Waals surface area contributed by atoms with Crippen LogP contribution in [0.3, 0.4) is 0 Å². The number of rotatable bonds is 7. The summed E-state index contributed by atoms with van der Waals surface area (Å²) in [4.78, 5) is 36.4. The van der Waals surface area contributed by atoms with Gasteiger partial charge in [-0.05, 0) is 54.4 Å². The average molecular weight is 455 g/mol. The summed E-state index contributed by atoms with van der Waals surface area (Å²) in [6.07, 6.45) is 1.61. The van der Waals surface area contributed by atoms with Crippen LogP contribution in [-0.2, 0) is 27.9 Å². The molecule has 3 aromatic rings. The maximum Gasteiger partial charge on any atom is 0.251 e. The Hall–Kier alpha value is -3.76. The number of sulfonamides is 1. The zero-order valence-corrected chi connectivity index (χ0v) is 18.1. The fraction of sp³-hybridized carbons (Fsp3) is 0.136. The monoisotopic (exact) mass is 454 g/mol. The molecule has 2 aromatic carbocycles. The molecular weight excluding hydrogens is 432 g/mol. The van der Waals surface area contributed by atoms with Gasteiger partial charge >= 0.3 is 0 Å². The van der Waals surface area contributed by atoms with Crippen LogP contribution in [0, 0.1) is 6.92 Å². The van der Waals surface area contributed by atoms with Gasteiger partial charge in [-0.15, -0.1) is 0 Å². The van der Waals surface area contributed by atoms with Crippen LogP contribution in [0.1, 0.15) is 21.5 Å². The second-order valence-electron chi connectivity index (χ2n) is 7.17. The SMILES string of the molecule is Cc1ccc(=O)n(CC(=O)Nc2ccc(C(=O)NCc3ccc(S(N)(=O)=O)cc3)cc2)c1. The van der Waals surface area contributed by atoms with E-state index in [1.54, 1.807) is 48.7 Å². The quantitative estimate of drug-likeness (QED) is 0.495. The summed E-state index contributed by atoms with van der Waals surface area (Å²) in [6, 6.07) is 15.3. The summed E-state index contributed by atoms with van der Waals surface area (Å²) in [5.74, 6) is -0.692. The smallest absolute Gasteiger partial charge is 0.251 e. The van der Waals surface area contributed by atoms with Crippen molar-refractivity contribution in [1.29, 1.82) is 0 Å². The molecule has 32 heavy (non-hydrogen) atoms. The van der Waals surface area contributed by atoms with Gasteiger partial charge in [0.05, 0.1) is 4.90 Å². The van der Waals surface area contributed by atoms with Crippen LogP contribution in [0.4, 0.5) is 5.69 Å². The lowest BCUT2D eigenvalue weighted by Gasteiger charge is -2.09. The van der Waals surface area contributed by atoms with Gasteiger partial charge in [-0.2, -0.15) is 0 Å². The fourth-order valence-corrected chi connectivity index (χ4v) is 3.43. The van der Waals surface area contributed by atoms with Crippen molar-refractivity contribution in [3.63, 3.8) is 0 Å². The molecule has 0 atom stereocenters. The first kappa shape index (κ1) is 22.9. The zero-order valence-electron chi connectivity index (χ0n) is 17.2. The number of hydrogen-bond acceptors (Lipinski definition) is 5. The number of nitrogens with one attached hydrogen (secondary N) is 2. The molecule has 0 radical (unpaired) electrons. The summed E-state index contributed by atoms with van der Waals surface area (Å²) in [6.45, 7) is 1.91. The minimum atomic E-state index is -3.76. The molecule has 0 spiro atoms. The van der Waals surface area contributed by atoms with Gasteiger partial charge < -0.3 is 15.2 Å². The largest absolute Gasteiger partial charge is 0.348 e. The van der Waals surface area contributed by atoms with E-state index in [-0.39, 0.29) is 35.4 Å². The first-order valence-corrected chi connectivity index (χ1v) is 11.1. The summed E-state index contributed by atoms with van der Waals surface area (Å²) in [5.41, 5.74) is 2.19. The van der Waals surface area contributed by atoms with Gasteiger partial charge in [0.2, 0.25) is 15.9 Å². The fourth-order valence-electron chi connectivity index (χ4n) is 2.92. The number of hydrogen-bond donors (Lipinski definition) is 3. The van der Waals surface area contributed by atoms with Crippen molar-refractivity contribution in [3.8, 4) is 0 Å². The van der Waals surface area contributed by atoms with Crippen molar-refractivity contribution < 1.29 is 18.0 Å². The van der Waals surface area contributed by atoms with Crippen LogP contribution >= 0.6 is 0 Å². The lowest BCUT2D eigenvalue weighted by molar-refractivity contribution is -0.116. The summed E-state index contributed by atoms with van der Waals surface area (Å²) < 4.78 is 23.9. The summed E-state index contributed by atoms with van der Waals surface area (Å²) in [5, 5.41) is 10.5. The van der Waals surface area contributed by atoms with E-state index in [0.29, 0.717) is 16.8 Å². The molecule has 0 aliphatic rings. The van der Waals surface area contributed by atoms with Crippen molar-refractivity contribution in [2.75, 3.05) is 5.32 Å². The third-order valence-electron chi connectivity index (χ3n) is 4.58. The van der Waals surface area contributed by atoms with Gasteiger partial charge in [-0.25, -0.2) is 13.6 Å². The Morgan fingerprint density at radius 2 is 1.62 bits per heavy atom. The van der Waals surface area contributed by atoms with Gasteiger partial charge in [-0.1, -0.05) is 18.2 Å². The normalized spacial score (nSPS) is 11.1. The molecule has 3 rings (SSSR count). The second-order valence-corrected chi connectivity index (χ2v) is 8.73. The van der Waals surface area contributed by atoms with Gasteiger partial charge in [0.1, 0.15) is 6.54 Å². The van der Waals surface area contributed by atoms with E-state index in [0.717, 1.165) is 5.56 Å². The number of aryl methyl sites for hydroxylation is 1. The molecule has 0 aliphatic carbocycles. The highest BCUT2D eigenvalue weighted by molar-refractivity contribution is 7.89. The average Bonchev–Trinajstić information content (AvgIpc) is 2.75. The molecule has 0 unspecified atom stereocenters. The highest BCUT2D eigenvalue weighted by atomic mass is 32.2. The molecule has 0 aliphatic heterocycles. The first-order chi connectivity index (χ1) is 15.1. The molecule has 1 aromatic heterocycles. The zero-order chi connectivity index (χ0) is 23.3. The lowest BCUT2D eigenvalue weighted by Crippen LogP contribution is -2.27. The van der Waals surface area contributed by atoms with Crippen molar-refractivity contribution in [1.82, 2.24) is 9.88 Å². The van der Waals surface area contributed by atoms with Crippen LogP contribution in [0.2, 0.25) is 0 Å². The molecule has 0 saturated carbocycles. The Balaban J connectivity index is 1.55. The summed E-state index contributed by atoms with van der Waals surface area (Å²) >= 11 is 0. The molecule has 2 amide bonds. The van der Waals surface area contributed by atoms with E-state index in [1.165, 1.54) is 22.8 Å². The second kappa shape index (κ2) is 9.58. The number of carbonyl (C=O) groups is 2. The Kier molecular flexibility index (Phi) is 6.86. The topological polar surface area (TPSA) is 140 Å². The Morgan fingerprint density at radius 1 is 0.969 bits per heavy atom. The number of amides is 2. The number of aromatic nitrogens is 1. The number of nitrogens with zero attached hydrogens (tertiary/aromatic N) is 1. The molecule has 1 heterocycles. The number of anilines is 1. The first-order valence-electron chi connectivity index (χ1n) is 9.59. The van der Waals surface area contributed by atoms with E-state index in [9.17, 15) is 22.8 Å². The van der Waals surface area contributed by atoms with E-state index >= 15 is 0 Å². The third kappa shape index (κ3) is 6.13. The van der Waals surface area contributed by atoms with Gasteiger partial charge in [0.15, 0.2) is 0 Å². The molecule has 166 valence electrons. The standard InChI is InChI=1S/C22H22N4O5S/c1-15-2-11-21(28)26(13-15)14-20(27)25-18-7-5-17(6-8-18)22(29)24-12-16-3-9-19(10-4-16)32(23,30)31/h2-11,13H,12,14H2,1H3,(H,24,29)(H,25,27)(H2,23,30,31). The maximum absolute atomic E-state index is 12.3. The number of carbonyl (C=O) groups excluding carboxylic acids is 2. The number of nitrogens with two attached hydrogens (primary N) is 1. The van der Waals surface area contributed by atoms with Crippen molar-refractivity contribution in [3.05, 3.63) is 93.9 Å². The molecule has 0 bridgehead atoms. The van der Waals surface area contributed by atoms with E-state index in [1.807, 2.05) is 6.92 Å². The van der Waals surface area contributed by atoms with E-state index in [4.69, 9.17) is 5.14 Å². The number of pyridine rings is 1. The molecule has 0 fully saturated rings. The Morgan fingerprint density at radius 3 is 2.25 bits per heavy atom. The van der Waals surface area contributed by atoms with Gasteiger partial charge in [0, 0.05) is 30.1 Å². The molecular formula is C22H22N4O5S. The van der Waals surface area contributed by atoms with Gasteiger partial charge in [-0.3, -0.25) is 14.4 Å². The van der Waals surface area contributed by atoms with Crippen LogP contribution in [0.5, 0.6) is 0 Å². The van der Waals surface area contributed by atoms with Gasteiger partial charge in [0.25, 0.3) is 11.5 Å². The minimum Gasteiger partial charge on any atom is -0.348 e. The molecule has 4 N–H and O–H groups in total. The van der Waals surface area contributed by atoms with E-state index < -0.39 is 10.0 Å². The van der Waals surface area contributed by atoms with E-state index in [2.05, 4.69) is 10.6 Å². The number of benzene rings is 2. The van der Waals surface area contributed by atoms with Crippen LogP contribution in [0.15, 0.2) is 76.6 Å². The third-order valence-corrected chi connectivity index (χ3v) is 5.51. The van der Waals surface area contributed by atoms with Crippen LogP contribution < -0.4 is 21.3 Å². The molecule has 9 nitrogen and oxygen atoms in total.